The first-order valence-electron chi connectivity index (χ1n) is 8.60. The molecule has 0 aliphatic heterocycles. The zero-order valence-corrected chi connectivity index (χ0v) is 15.9. The van der Waals surface area contributed by atoms with Gasteiger partial charge in [-0.25, -0.2) is 4.68 Å². The van der Waals surface area contributed by atoms with E-state index in [-0.39, 0.29) is 40.1 Å². The van der Waals surface area contributed by atoms with E-state index in [9.17, 15) is 23.2 Å². The SMILES string of the molecule is CCCCCNC(=O)Cc1c(C#N)c(N)nn1-c1ccc(C(F)(F)F)cc1Cl. The van der Waals surface area contributed by atoms with Gasteiger partial charge in [0.1, 0.15) is 11.6 Å². The Balaban J connectivity index is 2.36. The van der Waals surface area contributed by atoms with E-state index in [0.29, 0.717) is 6.54 Å². The third-order valence-corrected chi connectivity index (χ3v) is 4.36. The molecule has 0 saturated carbocycles. The third kappa shape index (κ3) is 4.95. The summed E-state index contributed by atoms with van der Waals surface area (Å²) in [5, 5.41) is 15.8. The first kappa shape index (κ1) is 21.6. The molecular formula is C18H19ClF3N5O. The van der Waals surface area contributed by atoms with Gasteiger partial charge in [-0.1, -0.05) is 31.4 Å². The highest BCUT2D eigenvalue weighted by Crippen LogP contribution is 2.34. The van der Waals surface area contributed by atoms with Crippen LogP contribution in [0.25, 0.3) is 5.69 Å². The zero-order valence-electron chi connectivity index (χ0n) is 15.1. The van der Waals surface area contributed by atoms with Gasteiger partial charge < -0.3 is 11.1 Å². The number of amides is 1. The van der Waals surface area contributed by atoms with Crippen molar-refractivity contribution in [2.75, 3.05) is 12.3 Å². The average molecular weight is 414 g/mol. The number of nitrogen functional groups attached to an aromatic ring is 1. The fourth-order valence-electron chi connectivity index (χ4n) is 2.63. The second kappa shape index (κ2) is 8.97. The summed E-state index contributed by atoms with van der Waals surface area (Å²) < 4.78 is 39.7. The van der Waals surface area contributed by atoms with Crippen molar-refractivity contribution in [1.29, 1.82) is 5.26 Å². The molecule has 2 rings (SSSR count). The van der Waals surface area contributed by atoms with Crippen LogP contribution in [-0.2, 0) is 17.4 Å². The predicted octanol–water partition coefficient (Wildman–Crippen LogP) is 3.85. The van der Waals surface area contributed by atoms with Crippen molar-refractivity contribution >= 4 is 23.3 Å². The summed E-state index contributed by atoms with van der Waals surface area (Å²) in [5.41, 5.74) is 5.07. The first-order chi connectivity index (χ1) is 13.2. The second-order valence-electron chi connectivity index (χ2n) is 6.13. The number of nitrogens with one attached hydrogen (secondary N) is 1. The number of alkyl halides is 3. The van der Waals surface area contributed by atoms with Crippen molar-refractivity contribution in [3.8, 4) is 11.8 Å². The lowest BCUT2D eigenvalue weighted by Crippen LogP contribution is -2.27. The lowest BCUT2D eigenvalue weighted by Gasteiger charge is -2.12. The topological polar surface area (TPSA) is 96.7 Å². The predicted molar refractivity (Wildman–Crippen MR) is 98.9 cm³/mol. The van der Waals surface area contributed by atoms with E-state index in [4.69, 9.17) is 17.3 Å². The largest absolute Gasteiger partial charge is 0.416 e. The van der Waals surface area contributed by atoms with E-state index < -0.39 is 11.7 Å². The minimum Gasteiger partial charge on any atom is -0.381 e. The zero-order chi connectivity index (χ0) is 20.9. The minimum absolute atomic E-state index is 0.0142. The molecule has 0 aliphatic carbocycles. The van der Waals surface area contributed by atoms with E-state index in [1.165, 1.54) is 0 Å². The van der Waals surface area contributed by atoms with E-state index in [0.717, 1.165) is 42.1 Å². The van der Waals surface area contributed by atoms with Gasteiger partial charge in [-0.15, -0.1) is 5.10 Å². The number of carbonyl (C=O) groups is 1. The van der Waals surface area contributed by atoms with Crippen molar-refractivity contribution in [2.45, 2.75) is 38.8 Å². The van der Waals surface area contributed by atoms with Gasteiger partial charge >= 0.3 is 6.18 Å². The summed E-state index contributed by atoms with van der Waals surface area (Å²) in [6.45, 7) is 2.52. The highest BCUT2D eigenvalue weighted by molar-refractivity contribution is 6.32. The van der Waals surface area contributed by atoms with Crippen LogP contribution in [0.5, 0.6) is 0 Å². The normalized spacial score (nSPS) is 11.3. The molecule has 0 aliphatic rings. The molecule has 28 heavy (non-hydrogen) atoms. The Bertz CT molecular complexity index is 902. The molecular weight excluding hydrogens is 395 g/mol. The summed E-state index contributed by atoms with van der Waals surface area (Å²) >= 11 is 6.02. The Kier molecular flexibility index (Phi) is 6.91. The number of carbonyl (C=O) groups excluding carboxylic acids is 1. The van der Waals surface area contributed by atoms with Crippen LogP contribution in [0.2, 0.25) is 5.02 Å². The number of hydrogen-bond donors (Lipinski definition) is 2. The number of benzene rings is 1. The van der Waals surface area contributed by atoms with Crippen LogP contribution in [0.3, 0.4) is 0 Å². The Morgan fingerprint density at radius 2 is 2.11 bits per heavy atom. The molecule has 150 valence electrons. The highest BCUT2D eigenvalue weighted by atomic mass is 35.5. The van der Waals surface area contributed by atoms with Crippen LogP contribution in [0.1, 0.15) is 43.0 Å². The van der Waals surface area contributed by atoms with Gasteiger partial charge in [0.25, 0.3) is 0 Å². The summed E-state index contributed by atoms with van der Waals surface area (Å²) in [6, 6.07) is 4.61. The van der Waals surface area contributed by atoms with Gasteiger partial charge in [-0.2, -0.15) is 18.4 Å². The number of nitriles is 1. The molecule has 0 unspecified atom stereocenters. The number of rotatable bonds is 7. The number of nitrogens with zero attached hydrogens (tertiary/aromatic N) is 3. The summed E-state index contributed by atoms with van der Waals surface area (Å²) in [7, 11) is 0. The fraction of sp³-hybridized carbons (Fsp3) is 0.389. The smallest absolute Gasteiger partial charge is 0.381 e. The van der Waals surface area contributed by atoms with Crippen LogP contribution in [0, 0.1) is 11.3 Å². The highest BCUT2D eigenvalue weighted by Gasteiger charge is 2.31. The van der Waals surface area contributed by atoms with E-state index in [1.807, 2.05) is 13.0 Å². The second-order valence-corrected chi connectivity index (χ2v) is 6.54. The molecule has 1 aromatic heterocycles. The van der Waals surface area contributed by atoms with Crippen LogP contribution in [-0.4, -0.2) is 22.2 Å². The van der Waals surface area contributed by atoms with E-state index >= 15 is 0 Å². The summed E-state index contributed by atoms with van der Waals surface area (Å²) in [5.74, 6) is -0.482. The molecule has 0 fully saturated rings. The fourth-order valence-corrected chi connectivity index (χ4v) is 2.89. The number of hydrogen-bond acceptors (Lipinski definition) is 4. The standard InChI is InChI=1S/C18H19ClF3N5O/c1-2-3-4-7-25-16(28)9-15-12(10-23)17(24)26-27(15)14-6-5-11(8-13(14)19)18(20,21)22/h5-6,8H,2-4,7,9H2,1H3,(H2,24,26)(H,25,28). The van der Waals surface area contributed by atoms with Crippen LogP contribution in [0.4, 0.5) is 19.0 Å². The molecule has 0 saturated heterocycles. The third-order valence-electron chi connectivity index (χ3n) is 4.05. The molecule has 0 atom stereocenters. The van der Waals surface area contributed by atoms with Crippen molar-refractivity contribution in [3.63, 3.8) is 0 Å². The lowest BCUT2D eigenvalue weighted by atomic mass is 10.1. The molecule has 1 heterocycles. The van der Waals surface area contributed by atoms with Crippen LogP contribution in [0.15, 0.2) is 18.2 Å². The molecule has 3 N–H and O–H groups in total. The summed E-state index contributed by atoms with van der Waals surface area (Å²) in [4.78, 5) is 12.2. The molecule has 10 heteroatoms. The van der Waals surface area contributed by atoms with Crippen molar-refractivity contribution < 1.29 is 18.0 Å². The molecule has 0 radical (unpaired) electrons. The van der Waals surface area contributed by atoms with Crippen molar-refractivity contribution in [2.24, 2.45) is 0 Å². The number of unbranched alkanes of at least 4 members (excludes halogenated alkanes) is 2. The van der Waals surface area contributed by atoms with Gasteiger partial charge in [0, 0.05) is 6.54 Å². The van der Waals surface area contributed by atoms with Crippen molar-refractivity contribution in [3.05, 3.63) is 40.0 Å². The first-order valence-corrected chi connectivity index (χ1v) is 8.98. The molecule has 1 amide bonds. The van der Waals surface area contributed by atoms with Crippen molar-refractivity contribution in [1.82, 2.24) is 15.1 Å². The Morgan fingerprint density at radius 3 is 2.68 bits per heavy atom. The van der Waals surface area contributed by atoms with Crippen LogP contribution < -0.4 is 11.1 Å². The van der Waals surface area contributed by atoms with E-state index in [2.05, 4.69) is 10.4 Å². The number of nitrogens with two attached hydrogens (primary N) is 1. The molecule has 0 bridgehead atoms. The average Bonchev–Trinajstić information content (AvgIpc) is 2.93. The van der Waals surface area contributed by atoms with E-state index in [1.54, 1.807) is 0 Å². The molecule has 2 aromatic rings. The van der Waals surface area contributed by atoms with Gasteiger partial charge in [0.05, 0.1) is 28.4 Å². The molecule has 0 spiro atoms. The lowest BCUT2D eigenvalue weighted by molar-refractivity contribution is -0.137. The Labute approximate surface area is 165 Å². The molecule has 1 aromatic carbocycles. The van der Waals surface area contributed by atoms with Gasteiger partial charge in [0.15, 0.2) is 5.82 Å². The minimum atomic E-state index is -4.55. The van der Waals surface area contributed by atoms with Gasteiger partial charge in [0.2, 0.25) is 5.91 Å². The number of anilines is 1. The quantitative estimate of drug-likeness (QED) is 0.674. The molecule has 6 nitrogen and oxygen atoms in total. The number of aromatic nitrogens is 2. The maximum absolute atomic E-state index is 12.9. The van der Waals surface area contributed by atoms with Crippen LogP contribution >= 0.6 is 11.6 Å². The van der Waals surface area contributed by atoms with Gasteiger partial charge in [-0.05, 0) is 24.6 Å². The number of halogens is 4. The Hall–Kier alpha value is -2.73. The Morgan fingerprint density at radius 1 is 1.39 bits per heavy atom. The maximum Gasteiger partial charge on any atom is 0.416 e. The van der Waals surface area contributed by atoms with Gasteiger partial charge in [-0.3, -0.25) is 4.79 Å². The summed E-state index contributed by atoms with van der Waals surface area (Å²) in [6.07, 6.45) is -1.97. The maximum atomic E-state index is 12.9. The monoisotopic (exact) mass is 413 g/mol.